The van der Waals surface area contributed by atoms with Crippen LogP contribution in [-0.2, 0) is 6.54 Å². The molecule has 0 aromatic heterocycles. The highest BCUT2D eigenvalue weighted by atomic mass is 35.5. The van der Waals surface area contributed by atoms with Crippen molar-refractivity contribution in [3.8, 4) is 11.5 Å². The van der Waals surface area contributed by atoms with Gasteiger partial charge in [0.2, 0.25) is 0 Å². The molecule has 4 heteroatoms. The molecule has 0 unspecified atom stereocenters. The SMILES string of the molecule is COc1ccc(CN)c(C)c1OC.Cl. The molecule has 1 aromatic carbocycles. The van der Waals surface area contributed by atoms with E-state index in [1.54, 1.807) is 14.2 Å². The summed E-state index contributed by atoms with van der Waals surface area (Å²) in [6.07, 6.45) is 0. The van der Waals surface area contributed by atoms with Crippen LogP contribution < -0.4 is 15.2 Å². The molecular weight excluding hydrogens is 202 g/mol. The summed E-state index contributed by atoms with van der Waals surface area (Å²) in [5.41, 5.74) is 7.70. The number of hydrogen-bond acceptors (Lipinski definition) is 3. The average Bonchev–Trinajstić information content (AvgIpc) is 2.17. The number of nitrogens with two attached hydrogens (primary N) is 1. The van der Waals surface area contributed by atoms with E-state index in [0.29, 0.717) is 6.54 Å². The Morgan fingerprint density at radius 3 is 2.29 bits per heavy atom. The van der Waals surface area contributed by atoms with Crippen LogP contribution in [0, 0.1) is 6.92 Å². The summed E-state index contributed by atoms with van der Waals surface area (Å²) in [6, 6.07) is 3.82. The lowest BCUT2D eigenvalue weighted by molar-refractivity contribution is 0.352. The van der Waals surface area contributed by atoms with Crippen LogP contribution in [0.1, 0.15) is 11.1 Å². The summed E-state index contributed by atoms with van der Waals surface area (Å²) in [4.78, 5) is 0. The van der Waals surface area contributed by atoms with Crippen LogP contribution in [0.4, 0.5) is 0 Å². The molecule has 0 heterocycles. The Morgan fingerprint density at radius 1 is 1.21 bits per heavy atom. The molecule has 0 bridgehead atoms. The van der Waals surface area contributed by atoms with E-state index in [9.17, 15) is 0 Å². The van der Waals surface area contributed by atoms with Crippen molar-refractivity contribution < 1.29 is 9.47 Å². The Balaban J connectivity index is 0.00000169. The van der Waals surface area contributed by atoms with E-state index in [1.807, 2.05) is 19.1 Å². The van der Waals surface area contributed by atoms with E-state index in [4.69, 9.17) is 15.2 Å². The zero-order valence-corrected chi connectivity index (χ0v) is 9.48. The molecule has 1 aromatic rings. The molecule has 14 heavy (non-hydrogen) atoms. The lowest BCUT2D eigenvalue weighted by Crippen LogP contribution is -2.02. The monoisotopic (exact) mass is 217 g/mol. The first kappa shape index (κ1) is 13.1. The second kappa shape index (κ2) is 5.73. The van der Waals surface area contributed by atoms with Gasteiger partial charge in [-0.05, 0) is 24.1 Å². The molecule has 0 aliphatic rings. The molecule has 0 radical (unpaired) electrons. The molecule has 0 aliphatic heterocycles. The minimum atomic E-state index is 0. The van der Waals surface area contributed by atoms with E-state index in [1.165, 1.54) is 0 Å². The summed E-state index contributed by atoms with van der Waals surface area (Å²) < 4.78 is 10.4. The van der Waals surface area contributed by atoms with Gasteiger partial charge in [0.25, 0.3) is 0 Å². The molecule has 0 amide bonds. The van der Waals surface area contributed by atoms with Gasteiger partial charge in [-0.15, -0.1) is 12.4 Å². The van der Waals surface area contributed by atoms with Crippen molar-refractivity contribution >= 4 is 12.4 Å². The van der Waals surface area contributed by atoms with Crippen molar-refractivity contribution in [3.63, 3.8) is 0 Å². The van der Waals surface area contributed by atoms with Crippen molar-refractivity contribution in [2.45, 2.75) is 13.5 Å². The van der Waals surface area contributed by atoms with Gasteiger partial charge in [0.05, 0.1) is 14.2 Å². The van der Waals surface area contributed by atoms with Crippen molar-refractivity contribution in [2.75, 3.05) is 14.2 Å². The minimum absolute atomic E-state index is 0. The largest absolute Gasteiger partial charge is 0.493 e. The quantitative estimate of drug-likeness (QED) is 0.841. The molecule has 1 rings (SSSR count). The average molecular weight is 218 g/mol. The molecule has 0 aliphatic carbocycles. The van der Waals surface area contributed by atoms with Gasteiger partial charge in [-0.2, -0.15) is 0 Å². The van der Waals surface area contributed by atoms with Gasteiger partial charge < -0.3 is 15.2 Å². The van der Waals surface area contributed by atoms with Crippen LogP contribution in [0.15, 0.2) is 12.1 Å². The van der Waals surface area contributed by atoms with E-state index in [2.05, 4.69) is 0 Å². The van der Waals surface area contributed by atoms with Crippen molar-refractivity contribution in [1.29, 1.82) is 0 Å². The number of ether oxygens (including phenoxy) is 2. The molecule has 3 nitrogen and oxygen atoms in total. The highest BCUT2D eigenvalue weighted by Crippen LogP contribution is 2.32. The highest BCUT2D eigenvalue weighted by molar-refractivity contribution is 5.85. The van der Waals surface area contributed by atoms with Gasteiger partial charge in [-0.25, -0.2) is 0 Å². The van der Waals surface area contributed by atoms with Crippen molar-refractivity contribution in [2.24, 2.45) is 5.73 Å². The normalized spacial score (nSPS) is 9.14. The van der Waals surface area contributed by atoms with E-state index >= 15 is 0 Å². The summed E-state index contributed by atoms with van der Waals surface area (Å²) in [7, 11) is 3.25. The zero-order valence-electron chi connectivity index (χ0n) is 8.66. The molecule has 0 saturated carbocycles. The Labute approximate surface area is 90.6 Å². The second-order valence-corrected chi connectivity index (χ2v) is 2.79. The molecule has 80 valence electrons. The van der Waals surface area contributed by atoms with Crippen LogP contribution in [-0.4, -0.2) is 14.2 Å². The number of hydrogen-bond donors (Lipinski definition) is 1. The molecule has 2 N–H and O–H groups in total. The van der Waals surface area contributed by atoms with Gasteiger partial charge in [0.15, 0.2) is 11.5 Å². The third-order valence-electron chi connectivity index (χ3n) is 2.13. The third kappa shape index (κ3) is 2.30. The fourth-order valence-corrected chi connectivity index (χ4v) is 1.34. The lowest BCUT2D eigenvalue weighted by atomic mass is 10.1. The molecular formula is C10H16ClNO2. The van der Waals surface area contributed by atoms with Gasteiger partial charge >= 0.3 is 0 Å². The maximum Gasteiger partial charge on any atom is 0.163 e. The summed E-state index contributed by atoms with van der Waals surface area (Å²) in [6.45, 7) is 2.50. The summed E-state index contributed by atoms with van der Waals surface area (Å²) >= 11 is 0. The van der Waals surface area contributed by atoms with Crippen molar-refractivity contribution in [1.82, 2.24) is 0 Å². The summed E-state index contributed by atoms with van der Waals surface area (Å²) in [5.74, 6) is 1.52. The fraction of sp³-hybridized carbons (Fsp3) is 0.400. The number of methoxy groups -OCH3 is 2. The Morgan fingerprint density at radius 2 is 1.86 bits per heavy atom. The van der Waals surface area contributed by atoms with Crippen molar-refractivity contribution in [3.05, 3.63) is 23.3 Å². The first-order valence-electron chi connectivity index (χ1n) is 4.15. The molecule has 0 spiro atoms. The standard InChI is InChI=1S/C10H15NO2.ClH/c1-7-8(6-11)4-5-9(12-2)10(7)13-3;/h4-5H,6,11H2,1-3H3;1H. The first-order chi connectivity index (χ1) is 6.24. The van der Waals surface area contributed by atoms with Gasteiger partial charge in [-0.3, -0.25) is 0 Å². The molecule has 0 fully saturated rings. The Kier molecular flexibility index (Phi) is 5.35. The van der Waals surface area contributed by atoms with E-state index in [-0.39, 0.29) is 12.4 Å². The zero-order chi connectivity index (χ0) is 9.84. The van der Waals surface area contributed by atoms with E-state index in [0.717, 1.165) is 22.6 Å². The molecule has 0 atom stereocenters. The van der Waals surface area contributed by atoms with Gasteiger partial charge in [0, 0.05) is 6.54 Å². The van der Waals surface area contributed by atoms with Crippen LogP contribution in [0.3, 0.4) is 0 Å². The second-order valence-electron chi connectivity index (χ2n) is 2.79. The maximum atomic E-state index is 5.57. The minimum Gasteiger partial charge on any atom is -0.493 e. The Hall–Kier alpha value is -0.930. The van der Waals surface area contributed by atoms with E-state index < -0.39 is 0 Å². The predicted molar refractivity (Wildman–Crippen MR) is 59.4 cm³/mol. The van der Waals surface area contributed by atoms with Crippen LogP contribution >= 0.6 is 12.4 Å². The van der Waals surface area contributed by atoms with Crippen LogP contribution in [0.2, 0.25) is 0 Å². The topological polar surface area (TPSA) is 44.5 Å². The fourth-order valence-electron chi connectivity index (χ4n) is 1.34. The Bertz CT molecular complexity index is 302. The third-order valence-corrected chi connectivity index (χ3v) is 2.13. The number of halogens is 1. The van der Waals surface area contributed by atoms with Crippen LogP contribution in [0.5, 0.6) is 11.5 Å². The number of rotatable bonds is 3. The van der Waals surface area contributed by atoms with Crippen LogP contribution in [0.25, 0.3) is 0 Å². The summed E-state index contributed by atoms with van der Waals surface area (Å²) in [5, 5.41) is 0. The first-order valence-corrected chi connectivity index (χ1v) is 4.15. The highest BCUT2D eigenvalue weighted by Gasteiger charge is 2.09. The predicted octanol–water partition coefficient (Wildman–Crippen LogP) is 1.89. The maximum absolute atomic E-state index is 5.57. The van der Waals surface area contributed by atoms with Gasteiger partial charge in [0.1, 0.15) is 0 Å². The lowest BCUT2D eigenvalue weighted by Gasteiger charge is -2.12. The smallest absolute Gasteiger partial charge is 0.163 e. The van der Waals surface area contributed by atoms with Gasteiger partial charge in [-0.1, -0.05) is 6.07 Å². The number of benzene rings is 1. The molecule has 0 saturated heterocycles.